The highest BCUT2D eigenvalue weighted by Gasteiger charge is 2.23. The first kappa shape index (κ1) is 14.1. The first-order valence-corrected chi connectivity index (χ1v) is 5.90. The van der Waals surface area contributed by atoms with E-state index in [1.807, 2.05) is 0 Å². The average Bonchev–Trinajstić information content (AvgIpc) is 2.28. The number of anilines is 1. The van der Waals surface area contributed by atoms with Crippen LogP contribution in [-0.4, -0.2) is 28.6 Å². The molecule has 1 atom stereocenters. The molecule has 17 heavy (non-hydrogen) atoms. The number of hydrogen-bond acceptors (Lipinski definition) is 4. The molecule has 94 valence electrons. The largest absolute Gasteiger partial charge is 0.390 e. The van der Waals surface area contributed by atoms with Crippen molar-refractivity contribution in [3.05, 3.63) is 32.5 Å². The number of nitro benzene ring substituents is 1. The van der Waals surface area contributed by atoms with Gasteiger partial charge in [-0.05, 0) is 28.1 Å². The lowest BCUT2D eigenvalue weighted by Gasteiger charge is -2.12. The van der Waals surface area contributed by atoms with Crippen molar-refractivity contribution in [3.63, 3.8) is 0 Å². The normalized spacial score (nSPS) is 12.2. The second kappa shape index (κ2) is 6.13. The van der Waals surface area contributed by atoms with Gasteiger partial charge in [0.2, 0.25) is 5.82 Å². The maximum Gasteiger partial charge on any atom is 0.328 e. The van der Waals surface area contributed by atoms with E-state index in [1.54, 1.807) is 0 Å². The van der Waals surface area contributed by atoms with Crippen molar-refractivity contribution in [3.8, 4) is 0 Å². The van der Waals surface area contributed by atoms with E-state index in [-0.39, 0.29) is 18.1 Å². The van der Waals surface area contributed by atoms with Crippen LogP contribution in [0.25, 0.3) is 0 Å². The second-order valence-corrected chi connectivity index (χ2v) is 4.36. The van der Waals surface area contributed by atoms with E-state index >= 15 is 0 Å². The Morgan fingerprint density at radius 3 is 2.82 bits per heavy atom. The molecule has 0 aliphatic carbocycles. The summed E-state index contributed by atoms with van der Waals surface area (Å²) >= 11 is 8.46. The minimum atomic E-state index is -0.943. The number of rotatable bonds is 5. The zero-order valence-electron chi connectivity index (χ0n) is 8.49. The van der Waals surface area contributed by atoms with Gasteiger partial charge >= 0.3 is 5.69 Å². The number of nitro groups is 1. The Morgan fingerprint density at radius 1 is 1.65 bits per heavy atom. The molecule has 0 aliphatic rings. The van der Waals surface area contributed by atoms with Crippen molar-refractivity contribution in [2.24, 2.45) is 0 Å². The highest BCUT2D eigenvalue weighted by atomic mass is 79.9. The van der Waals surface area contributed by atoms with E-state index in [2.05, 4.69) is 21.2 Å². The Kier molecular flexibility index (Phi) is 5.10. The van der Waals surface area contributed by atoms with E-state index in [0.29, 0.717) is 4.47 Å². The van der Waals surface area contributed by atoms with Gasteiger partial charge in [0, 0.05) is 11.0 Å². The molecule has 1 aromatic carbocycles. The quantitative estimate of drug-likeness (QED) is 0.495. The Bertz CT molecular complexity index is 433. The fourth-order valence-corrected chi connectivity index (χ4v) is 1.73. The van der Waals surface area contributed by atoms with Gasteiger partial charge in [-0.2, -0.15) is 4.39 Å². The molecule has 2 N–H and O–H groups in total. The Hall–Kier alpha value is -0.920. The van der Waals surface area contributed by atoms with Crippen LogP contribution in [0.5, 0.6) is 0 Å². The van der Waals surface area contributed by atoms with Gasteiger partial charge in [-0.1, -0.05) is 0 Å². The second-order valence-electron chi connectivity index (χ2n) is 3.20. The van der Waals surface area contributed by atoms with Crippen LogP contribution in [0.1, 0.15) is 0 Å². The molecule has 0 fully saturated rings. The van der Waals surface area contributed by atoms with Gasteiger partial charge in [-0.3, -0.25) is 10.1 Å². The molecule has 0 saturated heterocycles. The third-order valence-electron chi connectivity index (χ3n) is 1.95. The minimum absolute atomic E-state index is 0.00755. The summed E-state index contributed by atoms with van der Waals surface area (Å²) in [7, 11) is 0. The molecule has 5 nitrogen and oxygen atoms in total. The van der Waals surface area contributed by atoms with Crippen molar-refractivity contribution in [2.45, 2.75) is 6.10 Å². The smallest absolute Gasteiger partial charge is 0.328 e. The summed E-state index contributed by atoms with van der Waals surface area (Å²) in [6.07, 6.45) is -0.869. The molecule has 0 aliphatic heterocycles. The molecule has 0 amide bonds. The minimum Gasteiger partial charge on any atom is -0.390 e. The van der Waals surface area contributed by atoms with Gasteiger partial charge in [-0.15, -0.1) is 11.6 Å². The van der Waals surface area contributed by atoms with Crippen molar-refractivity contribution in [1.82, 2.24) is 0 Å². The van der Waals surface area contributed by atoms with Crippen LogP contribution < -0.4 is 5.32 Å². The van der Waals surface area contributed by atoms with Crippen LogP contribution in [0, 0.1) is 15.9 Å². The Morgan fingerprint density at radius 2 is 2.29 bits per heavy atom. The number of halogens is 3. The third kappa shape index (κ3) is 3.52. The first-order chi connectivity index (χ1) is 7.97. The van der Waals surface area contributed by atoms with Gasteiger partial charge in [0.05, 0.1) is 16.9 Å². The summed E-state index contributed by atoms with van der Waals surface area (Å²) in [5.41, 5.74) is -0.680. The predicted molar refractivity (Wildman–Crippen MR) is 66.0 cm³/mol. The fraction of sp³-hybridized carbons (Fsp3) is 0.333. The summed E-state index contributed by atoms with van der Waals surface area (Å²) in [4.78, 5) is 9.90. The molecule has 0 heterocycles. The Labute approximate surface area is 110 Å². The van der Waals surface area contributed by atoms with Crippen LogP contribution in [0.3, 0.4) is 0 Å². The molecule has 0 spiro atoms. The van der Waals surface area contributed by atoms with Crippen molar-refractivity contribution in [1.29, 1.82) is 0 Å². The van der Waals surface area contributed by atoms with E-state index in [9.17, 15) is 19.6 Å². The lowest BCUT2D eigenvalue weighted by Crippen LogP contribution is -2.21. The molecule has 0 saturated carbocycles. The van der Waals surface area contributed by atoms with Crippen LogP contribution >= 0.6 is 27.5 Å². The maximum atomic E-state index is 13.3. The molecule has 0 bridgehead atoms. The molecular formula is C9H9BrClFN2O3. The van der Waals surface area contributed by atoms with Crippen LogP contribution in [0.4, 0.5) is 15.8 Å². The van der Waals surface area contributed by atoms with Gasteiger partial charge in [0.25, 0.3) is 0 Å². The SMILES string of the molecule is O=[N+]([O-])c1c(F)ccc(Br)c1NCC(O)CCl. The number of benzene rings is 1. The lowest BCUT2D eigenvalue weighted by atomic mass is 10.2. The summed E-state index contributed by atoms with van der Waals surface area (Å²) in [5.74, 6) is -0.964. The van der Waals surface area contributed by atoms with Crippen LogP contribution in [0.2, 0.25) is 0 Å². The van der Waals surface area contributed by atoms with Gasteiger partial charge in [0.15, 0.2) is 0 Å². The highest BCUT2D eigenvalue weighted by Crippen LogP contribution is 2.34. The lowest BCUT2D eigenvalue weighted by molar-refractivity contribution is -0.386. The zero-order valence-corrected chi connectivity index (χ0v) is 10.8. The molecule has 8 heteroatoms. The standard InChI is InChI=1S/C9H9BrClFN2O3/c10-6-1-2-7(12)9(14(16)17)8(6)13-4-5(15)3-11/h1-2,5,13,15H,3-4H2. The molecule has 0 aromatic heterocycles. The van der Waals surface area contributed by atoms with E-state index in [1.165, 1.54) is 6.07 Å². The molecule has 1 rings (SSSR count). The Balaban J connectivity index is 3.04. The highest BCUT2D eigenvalue weighted by molar-refractivity contribution is 9.10. The van der Waals surface area contributed by atoms with E-state index in [4.69, 9.17) is 11.6 Å². The predicted octanol–water partition coefficient (Wildman–Crippen LogP) is 2.51. The molecule has 1 aromatic rings. The van der Waals surface area contributed by atoms with Crippen LogP contribution in [-0.2, 0) is 0 Å². The summed E-state index contributed by atoms with van der Waals surface area (Å²) in [5, 5.41) is 22.6. The topological polar surface area (TPSA) is 75.4 Å². The maximum absolute atomic E-state index is 13.3. The van der Waals surface area contributed by atoms with Gasteiger partial charge < -0.3 is 10.4 Å². The number of aliphatic hydroxyl groups is 1. The van der Waals surface area contributed by atoms with Crippen molar-refractivity contribution in [2.75, 3.05) is 17.7 Å². The molecule has 0 radical (unpaired) electrons. The summed E-state index contributed by atoms with van der Waals surface area (Å²) in [6.45, 7) is -0.00755. The van der Waals surface area contributed by atoms with Crippen molar-refractivity contribution < 1.29 is 14.4 Å². The van der Waals surface area contributed by atoms with Gasteiger partial charge in [-0.25, -0.2) is 0 Å². The number of alkyl halides is 1. The average molecular weight is 328 g/mol. The van der Waals surface area contributed by atoms with Gasteiger partial charge in [0.1, 0.15) is 5.69 Å². The van der Waals surface area contributed by atoms with E-state index in [0.717, 1.165) is 6.07 Å². The monoisotopic (exact) mass is 326 g/mol. The number of hydrogen-bond donors (Lipinski definition) is 2. The number of nitrogens with one attached hydrogen (secondary N) is 1. The first-order valence-electron chi connectivity index (χ1n) is 4.57. The fourth-order valence-electron chi connectivity index (χ4n) is 1.16. The number of aliphatic hydroxyl groups excluding tert-OH is 1. The van der Waals surface area contributed by atoms with Crippen molar-refractivity contribution >= 4 is 38.9 Å². The van der Waals surface area contributed by atoms with E-state index < -0.39 is 22.5 Å². The van der Waals surface area contributed by atoms with Crippen LogP contribution in [0.15, 0.2) is 16.6 Å². The summed E-state index contributed by atoms with van der Waals surface area (Å²) < 4.78 is 13.6. The molecular weight excluding hydrogens is 318 g/mol. The number of nitrogens with zero attached hydrogens (tertiary/aromatic N) is 1. The summed E-state index contributed by atoms with van der Waals surface area (Å²) in [6, 6.07) is 2.34. The molecule has 1 unspecified atom stereocenters. The zero-order chi connectivity index (χ0) is 13.0. The third-order valence-corrected chi connectivity index (χ3v) is 2.97.